The maximum Gasteiger partial charge on any atom is 0.124 e. The maximum atomic E-state index is 13.0. The molecule has 0 saturated carbocycles. The van der Waals surface area contributed by atoms with E-state index in [1.807, 2.05) is 25.9 Å². The summed E-state index contributed by atoms with van der Waals surface area (Å²) in [6.07, 6.45) is 0. The van der Waals surface area contributed by atoms with E-state index in [4.69, 9.17) is 11.6 Å². The quantitative estimate of drug-likeness (QED) is 0.844. The summed E-state index contributed by atoms with van der Waals surface area (Å²) >= 11 is 6.01. The van der Waals surface area contributed by atoms with Crippen LogP contribution in [0.5, 0.6) is 0 Å². The molecule has 0 amide bonds. The molecule has 1 aromatic rings. The lowest BCUT2D eigenvalue weighted by atomic mass is 10.0. The monoisotopic (exact) mass is 288 g/mol. The number of hydrogen-bond donors (Lipinski definition) is 2. The third kappa shape index (κ3) is 5.45. The molecule has 0 aliphatic rings. The molecule has 2 unspecified atom stereocenters. The number of halogens is 2. The Hall–Kier alpha value is -0.680. The average Bonchev–Trinajstić information content (AvgIpc) is 2.24. The summed E-state index contributed by atoms with van der Waals surface area (Å²) in [5.74, 6) is -0.347. The van der Waals surface area contributed by atoms with Crippen molar-refractivity contribution in [2.24, 2.45) is 0 Å². The van der Waals surface area contributed by atoms with Crippen LogP contribution in [-0.2, 0) is 0 Å². The van der Waals surface area contributed by atoms with Crippen molar-refractivity contribution in [2.45, 2.75) is 25.5 Å². The third-order valence-electron chi connectivity index (χ3n) is 2.87. The van der Waals surface area contributed by atoms with Crippen LogP contribution in [0.2, 0.25) is 5.02 Å². The highest BCUT2D eigenvalue weighted by atomic mass is 35.5. The fraction of sp³-hybridized carbons (Fsp3) is 0.571. The molecule has 1 aromatic carbocycles. The molecule has 0 saturated heterocycles. The van der Waals surface area contributed by atoms with Crippen molar-refractivity contribution < 1.29 is 9.50 Å². The summed E-state index contributed by atoms with van der Waals surface area (Å²) in [6.45, 7) is 4.70. The number of nitrogens with zero attached hydrogens (tertiary/aromatic N) is 1. The van der Waals surface area contributed by atoms with Crippen molar-refractivity contribution in [2.75, 3.05) is 27.2 Å². The van der Waals surface area contributed by atoms with Crippen LogP contribution >= 0.6 is 11.6 Å². The molecule has 0 bridgehead atoms. The first-order valence-corrected chi connectivity index (χ1v) is 6.64. The molecular formula is C14H22ClFN2O. The molecule has 3 nitrogen and oxygen atoms in total. The first-order valence-electron chi connectivity index (χ1n) is 6.27. The Balaban J connectivity index is 2.62. The van der Waals surface area contributed by atoms with E-state index >= 15 is 0 Å². The molecule has 0 radical (unpaired) electrons. The molecule has 0 aromatic heterocycles. The zero-order valence-corrected chi connectivity index (χ0v) is 12.6. The molecule has 5 heteroatoms. The molecule has 19 heavy (non-hydrogen) atoms. The second-order valence-corrected chi connectivity index (χ2v) is 5.91. The van der Waals surface area contributed by atoms with Crippen LogP contribution < -0.4 is 5.32 Å². The number of rotatable bonds is 6. The molecular weight excluding hydrogens is 267 g/mol. The Kier molecular flexibility index (Phi) is 5.74. The van der Waals surface area contributed by atoms with Gasteiger partial charge in [-0.1, -0.05) is 17.7 Å². The third-order valence-corrected chi connectivity index (χ3v) is 3.20. The van der Waals surface area contributed by atoms with Crippen molar-refractivity contribution in [3.8, 4) is 0 Å². The van der Waals surface area contributed by atoms with Crippen molar-refractivity contribution in [1.82, 2.24) is 10.2 Å². The largest absolute Gasteiger partial charge is 0.388 e. The van der Waals surface area contributed by atoms with E-state index < -0.39 is 5.60 Å². The van der Waals surface area contributed by atoms with Gasteiger partial charge in [0.15, 0.2) is 0 Å². The molecule has 0 spiro atoms. The van der Waals surface area contributed by atoms with Gasteiger partial charge in [-0.2, -0.15) is 0 Å². The van der Waals surface area contributed by atoms with Crippen LogP contribution in [0.25, 0.3) is 0 Å². The molecule has 0 heterocycles. The molecule has 2 N–H and O–H groups in total. The van der Waals surface area contributed by atoms with Gasteiger partial charge in [-0.05, 0) is 45.6 Å². The Morgan fingerprint density at radius 2 is 2.11 bits per heavy atom. The SMILES string of the molecule is CC(NCC(C)(O)CN(C)C)c1ccc(F)cc1Cl. The van der Waals surface area contributed by atoms with Crippen molar-refractivity contribution in [3.05, 3.63) is 34.6 Å². The first kappa shape index (κ1) is 16.4. The van der Waals surface area contributed by atoms with Crippen LogP contribution in [0.1, 0.15) is 25.5 Å². The standard InChI is InChI=1S/C14H22ClFN2O/c1-10(12-6-5-11(16)7-13(12)15)17-8-14(2,19)9-18(3)4/h5-7,10,17,19H,8-9H2,1-4H3. The lowest BCUT2D eigenvalue weighted by molar-refractivity contribution is 0.0317. The van der Waals surface area contributed by atoms with Gasteiger partial charge in [-0.3, -0.25) is 0 Å². The van der Waals surface area contributed by atoms with Gasteiger partial charge in [0.2, 0.25) is 0 Å². The molecule has 2 atom stereocenters. The van der Waals surface area contributed by atoms with E-state index in [0.29, 0.717) is 18.1 Å². The normalized spacial score (nSPS) is 16.4. The van der Waals surface area contributed by atoms with Gasteiger partial charge in [0.25, 0.3) is 0 Å². The number of benzene rings is 1. The smallest absolute Gasteiger partial charge is 0.124 e. The maximum absolute atomic E-state index is 13.0. The van der Waals surface area contributed by atoms with E-state index in [2.05, 4.69) is 5.32 Å². The average molecular weight is 289 g/mol. The highest BCUT2D eigenvalue weighted by Gasteiger charge is 2.22. The summed E-state index contributed by atoms with van der Waals surface area (Å²) in [6, 6.07) is 4.29. The lowest BCUT2D eigenvalue weighted by Gasteiger charge is -2.29. The highest BCUT2D eigenvalue weighted by molar-refractivity contribution is 6.31. The zero-order chi connectivity index (χ0) is 14.6. The predicted octanol–water partition coefficient (Wildman–Crippen LogP) is 2.44. The van der Waals surface area contributed by atoms with E-state index in [-0.39, 0.29) is 11.9 Å². The van der Waals surface area contributed by atoms with Gasteiger partial charge in [0.05, 0.1) is 5.60 Å². The molecule has 1 rings (SSSR count). The van der Waals surface area contributed by atoms with Gasteiger partial charge < -0.3 is 15.3 Å². The summed E-state index contributed by atoms with van der Waals surface area (Å²) < 4.78 is 13.0. The molecule has 0 aliphatic heterocycles. The van der Waals surface area contributed by atoms with Gasteiger partial charge >= 0.3 is 0 Å². The fourth-order valence-corrected chi connectivity index (χ4v) is 2.40. The Morgan fingerprint density at radius 3 is 2.63 bits per heavy atom. The Bertz CT molecular complexity index is 424. The van der Waals surface area contributed by atoms with Crippen molar-refractivity contribution >= 4 is 11.6 Å². The topological polar surface area (TPSA) is 35.5 Å². The van der Waals surface area contributed by atoms with E-state index in [1.54, 1.807) is 13.0 Å². The van der Waals surface area contributed by atoms with Crippen LogP contribution in [0.4, 0.5) is 4.39 Å². The first-order chi connectivity index (χ1) is 8.71. The van der Waals surface area contributed by atoms with Gasteiger partial charge in [-0.25, -0.2) is 4.39 Å². The number of hydrogen-bond acceptors (Lipinski definition) is 3. The minimum atomic E-state index is -0.829. The number of aliphatic hydroxyl groups is 1. The van der Waals surface area contributed by atoms with Gasteiger partial charge in [-0.15, -0.1) is 0 Å². The van der Waals surface area contributed by atoms with Crippen molar-refractivity contribution in [1.29, 1.82) is 0 Å². The summed E-state index contributed by atoms with van der Waals surface area (Å²) in [4.78, 5) is 1.93. The van der Waals surface area contributed by atoms with Crippen LogP contribution in [-0.4, -0.2) is 42.8 Å². The van der Waals surface area contributed by atoms with Gasteiger partial charge in [0.1, 0.15) is 5.82 Å². The van der Waals surface area contributed by atoms with E-state index in [0.717, 1.165) is 5.56 Å². The lowest BCUT2D eigenvalue weighted by Crippen LogP contribution is -2.46. The Morgan fingerprint density at radius 1 is 1.47 bits per heavy atom. The van der Waals surface area contributed by atoms with E-state index in [1.165, 1.54) is 12.1 Å². The molecule has 0 fully saturated rings. The van der Waals surface area contributed by atoms with Crippen molar-refractivity contribution in [3.63, 3.8) is 0 Å². The summed E-state index contributed by atoms with van der Waals surface area (Å²) in [7, 11) is 3.82. The second-order valence-electron chi connectivity index (χ2n) is 5.50. The molecule has 108 valence electrons. The fourth-order valence-electron chi connectivity index (χ4n) is 2.07. The number of likely N-dealkylation sites (N-methyl/N-ethyl adjacent to an activating group) is 1. The number of nitrogens with one attached hydrogen (secondary N) is 1. The minimum absolute atomic E-state index is 0.0539. The second kappa shape index (κ2) is 6.66. The van der Waals surface area contributed by atoms with Crippen LogP contribution in [0.3, 0.4) is 0 Å². The van der Waals surface area contributed by atoms with Gasteiger partial charge in [0, 0.05) is 24.2 Å². The highest BCUT2D eigenvalue weighted by Crippen LogP contribution is 2.23. The van der Waals surface area contributed by atoms with E-state index in [9.17, 15) is 9.50 Å². The summed E-state index contributed by atoms with van der Waals surface area (Å²) in [5.41, 5.74) is -0.00621. The van der Waals surface area contributed by atoms with Crippen LogP contribution in [0.15, 0.2) is 18.2 Å². The summed E-state index contributed by atoms with van der Waals surface area (Å²) in [5, 5.41) is 13.8. The zero-order valence-electron chi connectivity index (χ0n) is 11.9. The van der Waals surface area contributed by atoms with Crippen LogP contribution in [0, 0.1) is 5.82 Å². The minimum Gasteiger partial charge on any atom is -0.388 e. The predicted molar refractivity (Wildman–Crippen MR) is 77.0 cm³/mol. The Labute approximate surface area is 119 Å². The molecule has 0 aliphatic carbocycles.